The van der Waals surface area contributed by atoms with E-state index in [0.29, 0.717) is 0 Å². The number of nitriles is 1. The molecule has 2 unspecified atom stereocenters. The normalized spacial score (nSPS) is 15.0. The van der Waals surface area contributed by atoms with Crippen LogP contribution >= 0.6 is 0 Å². The number of hydrogen-bond donors (Lipinski definition) is 1. The Morgan fingerprint density at radius 2 is 2.24 bits per heavy atom. The maximum atomic E-state index is 12.3. The van der Waals surface area contributed by atoms with Crippen LogP contribution in [0.3, 0.4) is 0 Å². The summed E-state index contributed by atoms with van der Waals surface area (Å²) >= 11 is 0. The van der Waals surface area contributed by atoms with Crippen molar-refractivity contribution in [1.82, 2.24) is 10.3 Å². The second-order valence-electron chi connectivity index (χ2n) is 3.64. The summed E-state index contributed by atoms with van der Waals surface area (Å²) in [7, 11) is 0. The molecule has 0 bridgehead atoms. The third kappa shape index (κ3) is 4.04. The van der Waals surface area contributed by atoms with E-state index in [4.69, 9.17) is 5.26 Å². The summed E-state index contributed by atoms with van der Waals surface area (Å²) in [6, 6.07) is 4.44. The van der Waals surface area contributed by atoms with Crippen LogP contribution in [0.15, 0.2) is 24.5 Å². The summed E-state index contributed by atoms with van der Waals surface area (Å²) in [6.45, 7) is 1.30. The van der Waals surface area contributed by atoms with Crippen LogP contribution < -0.4 is 5.32 Å². The fourth-order valence-electron chi connectivity index (χ4n) is 1.28. The summed E-state index contributed by atoms with van der Waals surface area (Å²) in [5.41, 5.74) is 0.784. The maximum Gasteiger partial charge on any atom is 0.405 e. The fraction of sp³-hybridized carbons (Fsp3) is 0.455. The topological polar surface area (TPSA) is 48.7 Å². The molecule has 1 aromatic rings. The summed E-state index contributed by atoms with van der Waals surface area (Å²) in [6.07, 6.45) is -1.33. The molecule has 0 aliphatic rings. The van der Waals surface area contributed by atoms with Crippen LogP contribution in [0.4, 0.5) is 13.2 Å². The van der Waals surface area contributed by atoms with Crippen molar-refractivity contribution in [1.29, 1.82) is 5.26 Å². The van der Waals surface area contributed by atoms with Gasteiger partial charge in [-0.1, -0.05) is 6.07 Å². The molecule has 1 aromatic heterocycles. The van der Waals surface area contributed by atoms with E-state index in [2.05, 4.69) is 10.3 Å². The minimum Gasteiger partial charge on any atom is -0.308 e. The molecule has 6 heteroatoms. The van der Waals surface area contributed by atoms with Gasteiger partial charge in [-0.25, -0.2) is 0 Å². The van der Waals surface area contributed by atoms with E-state index in [1.54, 1.807) is 31.5 Å². The Kier molecular flexibility index (Phi) is 4.46. The van der Waals surface area contributed by atoms with E-state index in [0.717, 1.165) is 5.56 Å². The lowest BCUT2D eigenvalue weighted by Crippen LogP contribution is -2.33. The van der Waals surface area contributed by atoms with Crippen LogP contribution in [0.25, 0.3) is 0 Å². The first-order valence-electron chi connectivity index (χ1n) is 5.04. The zero-order valence-electron chi connectivity index (χ0n) is 9.20. The number of nitrogens with one attached hydrogen (secondary N) is 1. The van der Waals surface area contributed by atoms with Gasteiger partial charge in [0.1, 0.15) is 0 Å². The molecule has 0 aliphatic carbocycles. The number of nitrogens with zero attached hydrogens (tertiary/aromatic N) is 2. The van der Waals surface area contributed by atoms with Crippen molar-refractivity contribution < 1.29 is 13.2 Å². The molecule has 0 fully saturated rings. The molecule has 2 atom stereocenters. The Balaban J connectivity index is 2.54. The quantitative estimate of drug-likeness (QED) is 0.883. The Labute approximate surface area is 97.3 Å². The van der Waals surface area contributed by atoms with Gasteiger partial charge in [0.15, 0.2) is 5.92 Å². The van der Waals surface area contributed by atoms with Crippen molar-refractivity contribution in [3.05, 3.63) is 30.1 Å². The number of pyridine rings is 1. The average molecular weight is 243 g/mol. The predicted molar refractivity (Wildman–Crippen MR) is 55.8 cm³/mol. The molecular formula is C11H12F3N3. The summed E-state index contributed by atoms with van der Waals surface area (Å²) < 4.78 is 36.9. The van der Waals surface area contributed by atoms with E-state index >= 15 is 0 Å². The molecule has 1 rings (SSSR count). The average Bonchev–Trinajstić information content (AvgIpc) is 2.29. The Morgan fingerprint density at radius 3 is 2.71 bits per heavy atom. The highest BCUT2D eigenvalue weighted by Gasteiger charge is 2.39. The first kappa shape index (κ1) is 13.5. The van der Waals surface area contributed by atoms with Gasteiger partial charge in [-0.3, -0.25) is 4.98 Å². The number of halogens is 3. The Bertz CT molecular complexity index is 383. The largest absolute Gasteiger partial charge is 0.405 e. The number of rotatable bonds is 4. The molecular weight excluding hydrogens is 231 g/mol. The molecule has 92 valence electrons. The van der Waals surface area contributed by atoms with Gasteiger partial charge in [-0.2, -0.15) is 18.4 Å². The first-order valence-corrected chi connectivity index (χ1v) is 5.04. The second-order valence-corrected chi connectivity index (χ2v) is 3.64. The van der Waals surface area contributed by atoms with E-state index in [-0.39, 0.29) is 6.04 Å². The first-order chi connectivity index (χ1) is 7.95. The predicted octanol–water partition coefficient (Wildman–Crippen LogP) is 2.43. The molecule has 0 saturated carbocycles. The SMILES string of the molecule is CC(NCC(C#N)C(F)(F)F)c1cccnc1. The van der Waals surface area contributed by atoms with Crippen LogP contribution in [-0.4, -0.2) is 17.7 Å². The molecule has 1 N–H and O–H groups in total. The van der Waals surface area contributed by atoms with Gasteiger partial charge in [0, 0.05) is 25.0 Å². The Hall–Kier alpha value is -1.61. The fourth-order valence-corrected chi connectivity index (χ4v) is 1.28. The lowest BCUT2D eigenvalue weighted by Gasteiger charge is -2.18. The van der Waals surface area contributed by atoms with Gasteiger partial charge in [0.05, 0.1) is 6.07 Å². The minimum absolute atomic E-state index is 0.276. The standard InChI is InChI=1S/C11H12F3N3/c1-8(9-3-2-4-16-6-9)17-7-10(5-15)11(12,13)14/h2-4,6,8,10,17H,7H2,1H3. The number of alkyl halides is 3. The van der Waals surface area contributed by atoms with Gasteiger partial charge < -0.3 is 5.32 Å². The zero-order chi connectivity index (χ0) is 12.9. The van der Waals surface area contributed by atoms with E-state index in [9.17, 15) is 13.2 Å². The molecule has 1 heterocycles. The van der Waals surface area contributed by atoms with Crippen molar-refractivity contribution >= 4 is 0 Å². The number of hydrogen-bond acceptors (Lipinski definition) is 3. The highest BCUT2D eigenvalue weighted by atomic mass is 19.4. The van der Waals surface area contributed by atoms with Crippen molar-refractivity contribution in [2.75, 3.05) is 6.54 Å². The second kappa shape index (κ2) is 5.64. The van der Waals surface area contributed by atoms with Crippen molar-refractivity contribution in [2.24, 2.45) is 5.92 Å². The maximum absolute atomic E-state index is 12.3. The molecule has 0 aromatic carbocycles. The molecule has 17 heavy (non-hydrogen) atoms. The van der Waals surface area contributed by atoms with Gasteiger partial charge in [0.25, 0.3) is 0 Å². The van der Waals surface area contributed by atoms with Crippen LogP contribution in [0.5, 0.6) is 0 Å². The summed E-state index contributed by atoms with van der Waals surface area (Å²) in [5, 5.41) is 11.1. The van der Waals surface area contributed by atoms with Gasteiger partial charge in [-0.05, 0) is 18.6 Å². The summed E-state index contributed by atoms with van der Waals surface area (Å²) in [4.78, 5) is 3.87. The monoisotopic (exact) mass is 243 g/mol. The van der Waals surface area contributed by atoms with Crippen LogP contribution in [0, 0.1) is 17.2 Å². The molecule has 0 aliphatic heterocycles. The molecule has 3 nitrogen and oxygen atoms in total. The van der Waals surface area contributed by atoms with E-state index < -0.39 is 18.6 Å². The zero-order valence-corrected chi connectivity index (χ0v) is 9.20. The lowest BCUT2D eigenvalue weighted by molar-refractivity contribution is -0.157. The lowest BCUT2D eigenvalue weighted by atomic mass is 10.1. The van der Waals surface area contributed by atoms with Crippen LogP contribution in [-0.2, 0) is 0 Å². The van der Waals surface area contributed by atoms with Crippen molar-refractivity contribution in [3.63, 3.8) is 0 Å². The number of aromatic nitrogens is 1. The van der Waals surface area contributed by atoms with Gasteiger partial charge in [0.2, 0.25) is 0 Å². The van der Waals surface area contributed by atoms with Gasteiger partial charge in [-0.15, -0.1) is 0 Å². The van der Waals surface area contributed by atoms with Gasteiger partial charge >= 0.3 is 6.18 Å². The van der Waals surface area contributed by atoms with Crippen molar-refractivity contribution in [2.45, 2.75) is 19.1 Å². The highest BCUT2D eigenvalue weighted by molar-refractivity contribution is 5.12. The van der Waals surface area contributed by atoms with E-state index in [1.165, 1.54) is 6.07 Å². The molecule has 0 radical (unpaired) electrons. The van der Waals surface area contributed by atoms with Crippen molar-refractivity contribution in [3.8, 4) is 6.07 Å². The Morgan fingerprint density at radius 1 is 1.53 bits per heavy atom. The minimum atomic E-state index is -4.49. The smallest absolute Gasteiger partial charge is 0.308 e. The van der Waals surface area contributed by atoms with Crippen LogP contribution in [0.2, 0.25) is 0 Å². The third-order valence-electron chi connectivity index (χ3n) is 2.36. The van der Waals surface area contributed by atoms with E-state index in [1.807, 2.05) is 0 Å². The van der Waals surface area contributed by atoms with Crippen LogP contribution in [0.1, 0.15) is 18.5 Å². The molecule has 0 saturated heterocycles. The summed E-state index contributed by atoms with van der Waals surface area (Å²) in [5.74, 6) is -1.98. The molecule has 0 spiro atoms. The highest BCUT2D eigenvalue weighted by Crippen LogP contribution is 2.25. The third-order valence-corrected chi connectivity index (χ3v) is 2.36. The molecule has 0 amide bonds.